The molecule has 2 aromatic heterocycles. The van der Waals surface area contributed by atoms with Crippen molar-refractivity contribution in [1.82, 2.24) is 14.9 Å². The Kier molecular flexibility index (Phi) is 5.45. The number of rotatable bonds is 6. The van der Waals surface area contributed by atoms with Crippen molar-refractivity contribution < 1.29 is 9.21 Å². The van der Waals surface area contributed by atoms with Gasteiger partial charge < -0.3 is 14.7 Å². The summed E-state index contributed by atoms with van der Waals surface area (Å²) in [4.78, 5) is 28.7. The average molecular weight is 417 g/mol. The Morgan fingerprint density at radius 3 is 2.70 bits per heavy atom. The molecule has 150 valence electrons. The molecule has 0 aliphatic rings. The molecule has 4 rings (SSSR count). The van der Waals surface area contributed by atoms with Gasteiger partial charge in [-0.25, -0.2) is 0 Å². The van der Waals surface area contributed by atoms with E-state index >= 15 is 0 Å². The molecule has 4 aromatic rings. The van der Waals surface area contributed by atoms with Crippen LogP contribution in [0, 0.1) is 4.77 Å². The SMILES string of the molecule is C=CCn1c(=S)[nH]c2cc(C(=O)NC(c3ccccc3)c3ccco3)ccc2c1=O. The fourth-order valence-corrected chi connectivity index (χ4v) is 3.59. The number of H-pyrrole nitrogens is 1. The number of carbonyl (C=O) groups is 1. The highest BCUT2D eigenvalue weighted by molar-refractivity contribution is 7.71. The Hall–Kier alpha value is -3.71. The first-order valence-corrected chi connectivity index (χ1v) is 9.76. The summed E-state index contributed by atoms with van der Waals surface area (Å²) in [5.74, 6) is 0.332. The van der Waals surface area contributed by atoms with Crippen molar-refractivity contribution in [3.8, 4) is 0 Å². The van der Waals surface area contributed by atoms with Gasteiger partial charge in [0, 0.05) is 12.1 Å². The number of hydrogen-bond donors (Lipinski definition) is 2. The van der Waals surface area contributed by atoms with Gasteiger partial charge in [-0.1, -0.05) is 36.4 Å². The van der Waals surface area contributed by atoms with Gasteiger partial charge in [-0.3, -0.25) is 14.2 Å². The summed E-state index contributed by atoms with van der Waals surface area (Å²) in [5.41, 5.74) is 1.58. The molecule has 1 unspecified atom stereocenters. The number of hydrogen-bond acceptors (Lipinski definition) is 4. The number of carbonyl (C=O) groups excluding carboxylic acids is 1. The van der Waals surface area contributed by atoms with Crippen LogP contribution in [0.3, 0.4) is 0 Å². The molecule has 0 radical (unpaired) electrons. The predicted molar refractivity (Wildman–Crippen MR) is 118 cm³/mol. The van der Waals surface area contributed by atoms with Gasteiger partial charge in [-0.15, -0.1) is 6.58 Å². The van der Waals surface area contributed by atoms with E-state index in [1.54, 1.807) is 36.6 Å². The predicted octanol–water partition coefficient (Wildman–Crippen LogP) is 4.36. The molecule has 0 saturated heterocycles. The van der Waals surface area contributed by atoms with E-state index in [9.17, 15) is 9.59 Å². The van der Waals surface area contributed by atoms with Crippen LogP contribution in [0.15, 0.2) is 88.8 Å². The van der Waals surface area contributed by atoms with Gasteiger partial charge in [0.1, 0.15) is 11.8 Å². The van der Waals surface area contributed by atoms with Crippen LogP contribution in [0.2, 0.25) is 0 Å². The molecular formula is C23H19N3O3S. The maximum absolute atomic E-state index is 13.0. The Labute approximate surface area is 177 Å². The number of nitrogens with zero attached hydrogens (tertiary/aromatic N) is 1. The Bertz CT molecular complexity index is 1320. The number of furan rings is 1. The lowest BCUT2D eigenvalue weighted by molar-refractivity contribution is 0.0939. The smallest absolute Gasteiger partial charge is 0.262 e. The zero-order valence-electron chi connectivity index (χ0n) is 16.0. The summed E-state index contributed by atoms with van der Waals surface area (Å²) >= 11 is 5.28. The van der Waals surface area contributed by atoms with E-state index in [1.807, 2.05) is 36.4 Å². The third-order valence-electron chi connectivity index (χ3n) is 4.79. The first-order valence-electron chi connectivity index (χ1n) is 9.35. The Morgan fingerprint density at radius 2 is 2.00 bits per heavy atom. The van der Waals surface area contributed by atoms with E-state index in [0.717, 1.165) is 5.56 Å². The third-order valence-corrected chi connectivity index (χ3v) is 5.11. The largest absolute Gasteiger partial charge is 0.467 e. The fraction of sp³-hybridized carbons (Fsp3) is 0.0870. The molecule has 2 heterocycles. The molecule has 0 spiro atoms. The number of fused-ring (bicyclic) bond motifs is 1. The maximum atomic E-state index is 13.0. The van der Waals surface area contributed by atoms with Crippen molar-refractivity contribution >= 4 is 29.0 Å². The Morgan fingerprint density at radius 1 is 1.20 bits per heavy atom. The summed E-state index contributed by atoms with van der Waals surface area (Å²) in [6.45, 7) is 3.96. The van der Waals surface area contributed by atoms with E-state index in [1.165, 1.54) is 4.57 Å². The number of aromatic amines is 1. The number of aromatic nitrogens is 2. The van der Waals surface area contributed by atoms with E-state index in [-0.39, 0.29) is 16.2 Å². The lowest BCUT2D eigenvalue weighted by atomic mass is 10.0. The highest BCUT2D eigenvalue weighted by Gasteiger charge is 2.20. The van der Waals surface area contributed by atoms with Crippen LogP contribution in [0.1, 0.15) is 27.7 Å². The minimum absolute atomic E-state index is 0.224. The summed E-state index contributed by atoms with van der Waals surface area (Å²) in [5, 5.41) is 3.46. The number of nitrogens with one attached hydrogen (secondary N) is 2. The van der Waals surface area contributed by atoms with E-state index in [2.05, 4.69) is 16.9 Å². The second-order valence-corrected chi connectivity index (χ2v) is 7.11. The molecule has 2 N–H and O–H groups in total. The van der Waals surface area contributed by atoms with Gasteiger partial charge in [-0.2, -0.15) is 0 Å². The first-order chi connectivity index (χ1) is 14.6. The highest BCUT2D eigenvalue weighted by Crippen LogP contribution is 2.23. The number of amides is 1. The van der Waals surface area contributed by atoms with Crippen LogP contribution < -0.4 is 10.9 Å². The summed E-state index contributed by atoms with van der Waals surface area (Å²) in [7, 11) is 0. The molecule has 0 aliphatic heterocycles. The minimum Gasteiger partial charge on any atom is -0.467 e. The van der Waals surface area contributed by atoms with Crippen molar-refractivity contribution in [1.29, 1.82) is 0 Å². The zero-order chi connectivity index (χ0) is 21.1. The molecule has 30 heavy (non-hydrogen) atoms. The molecule has 6 nitrogen and oxygen atoms in total. The minimum atomic E-state index is -0.441. The zero-order valence-corrected chi connectivity index (χ0v) is 16.8. The monoisotopic (exact) mass is 417 g/mol. The van der Waals surface area contributed by atoms with Crippen molar-refractivity contribution in [2.45, 2.75) is 12.6 Å². The molecule has 2 aromatic carbocycles. The fourth-order valence-electron chi connectivity index (χ4n) is 3.32. The van der Waals surface area contributed by atoms with Crippen LogP contribution in [0.5, 0.6) is 0 Å². The van der Waals surface area contributed by atoms with Crippen molar-refractivity contribution in [3.63, 3.8) is 0 Å². The van der Waals surface area contributed by atoms with Gasteiger partial charge in [-0.05, 0) is 48.1 Å². The molecule has 0 bridgehead atoms. The van der Waals surface area contributed by atoms with Gasteiger partial charge in [0.05, 0.1) is 17.2 Å². The van der Waals surface area contributed by atoms with Crippen LogP contribution in [0.25, 0.3) is 10.9 Å². The molecule has 1 amide bonds. The van der Waals surface area contributed by atoms with Crippen LogP contribution >= 0.6 is 12.2 Å². The van der Waals surface area contributed by atoms with E-state index in [4.69, 9.17) is 16.6 Å². The summed E-state index contributed by atoms with van der Waals surface area (Å²) in [6.07, 6.45) is 3.18. The standard InChI is InChI=1S/C23H19N3O3S/c1-2-12-26-22(28)17-11-10-16(14-18(17)24-23(26)30)21(27)25-20(19-9-6-13-29-19)15-7-4-3-5-8-15/h2-11,13-14,20H,1,12H2,(H,24,30)(H,25,27). The van der Waals surface area contributed by atoms with Crippen LogP contribution in [-0.4, -0.2) is 15.5 Å². The maximum Gasteiger partial charge on any atom is 0.262 e. The van der Waals surface area contributed by atoms with E-state index < -0.39 is 6.04 Å². The molecule has 0 fully saturated rings. The number of benzene rings is 2. The quantitative estimate of drug-likeness (QED) is 0.361. The molecule has 1 atom stereocenters. The van der Waals surface area contributed by atoms with E-state index in [0.29, 0.717) is 28.8 Å². The van der Waals surface area contributed by atoms with Gasteiger partial charge in [0.15, 0.2) is 4.77 Å². The average Bonchev–Trinajstić information content (AvgIpc) is 3.29. The second kappa shape index (κ2) is 8.34. The summed E-state index contributed by atoms with van der Waals surface area (Å²) < 4.78 is 7.24. The van der Waals surface area contributed by atoms with Crippen molar-refractivity contribution in [3.05, 3.63) is 112 Å². The topological polar surface area (TPSA) is 80.0 Å². The van der Waals surface area contributed by atoms with Crippen LogP contribution in [-0.2, 0) is 6.54 Å². The molecular weight excluding hydrogens is 398 g/mol. The second-order valence-electron chi connectivity index (χ2n) is 6.73. The summed E-state index contributed by atoms with van der Waals surface area (Å²) in [6, 6.07) is 17.6. The Balaban J connectivity index is 1.70. The van der Waals surface area contributed by atoms with Gasteiger partial charge in [0.25, 0.3) is 11.5 Å². The van der Waals surface area contributed by atoms with Gasteiger partial charge in [0.2, 0.25) is 0 Å². The molecule has 0 aliphatic carbocycles. The molecule has 0 saturated carbocycles. The number of allylic oxidation sites excluding steroid dienone is 1. The lowest BCUT2D eigenvalue weighted by Gasteiger charge is -2.17. The first kappa shape index (κ1) is 19.6. The highest BCUT2D eigenvalue weighted by atomic mass is 32.1. The van der Waals surface area contributed by atoms with Crippen molar-refractivity contribution in [2.24, 2.45) is 0 Å². The van der Waals surface area contributed by atoms with Crippen molar-refractivity contribution in [2.75, 3.05) is 0 Å². The third kappa shape index (κ3) is 3.75. The van der Waals surface area contributed by atoms with Crippen LogP contribution in [0.4, 0.5) is 0 Å². The molecule has 7 heteroatoms. The van der Waals surface area contributed by atoms with Gasteiger partial charge >= 0.3 is 0 Å². The normalized spacial score (nSPS) is 11.9. The lowest BCUT2D eigenvalue weighted by Crippen LogP contribution is -2.29.